The van der Waals surface area contributed by atoms with Crippen LogP contribution in [-0.2, 0) is 17.6 Å². The van der Waals surface area contributed by atoms with Crippen molar-refractivity contribution in [2.24, 2.45) is 4.99 Å². The maximum Gasteiger partial charge on any atom is 0.328 e. The molecule has 0 bridgehead atoms. The van der Waals surface area contributed by atoms with Crippen LogP contribution in [0.5, 0.6) is 11.5 Å². The van der Waals surface area contributed by atoms with E-state index in [9.17, 15) is 14.7 Å². The monoisotopic (exact) mass is 500 g/mol. The Balaban J connectivity index is 0.00000342. The number of carboxylic acid groups (broad SMARTS) is 1. The SMILES string of the molecule is COc1cc2c(c3c1OC(C)(C)C3)C(c1cccc(C(=O)NC(C)(C)C(=O)O)c1)=NC(C)(C)C2.Cl. The van der Waals surface area contributed by atoms with Gasteiger partial charge in [-0.2, -0.15) is 0 Å². The summed E-state index contributed by atoms with van der Waals surface area (Å²) in [6, 6.07) is 9.22. The summed E-state index contributed by atoms with van der Waals surface area (Å²) in [6.07, 6.45) is 1.47. The lowest BCUT2D eigenvalue weighted by molar-refractivity contribution is -0.143. The molecule has 8 heteroatoms. The van der Waals surface area contributed by atoms with E-state index in [0.29, 0.717) is 12.0 Å². The molecule has 2 heterocycles. The molecule has 2 aromatic rings. The minimum atomic E-state index is -1.38. The second-order valence-electron chi connectivity index (χ2n) is 10.9. The Morgan fingerprint density at radius 1 is 1.14 bits per heavy atom. The zero-order chi connectivity index (χ0) is 25.1. The first-order valence-corrected chi connectivity index (χ1v) is 11.4. The molecule has 0 fully saturated rings. The van der Waals surface area contributed by atoms with Crippen molar-refractivity contribution in [2.45, 2.75) is 71.1 Å². The Morgan fingerprint density at radius 3 is 2.46 bits per heavy atom. The Labute approximate surface area is 212 Å². The van der Waals surface area contributed by atoms with E-state index < -0.39 is 17.4 Å². The van der Waals surface area contributed by atoms with Gasteiger partial charge in [0.1, 0.15) is 11.1 Å². The number of methoxy groups -OCH3 is 1. The van der Waals surface area contributed by atoms with E-state index in [1.165, 1.54) is 13.8 Å². The number of benzene rings is 2. The molecule has 2 aromatic carbocycles. The molecule has 2 N–H and O–H groups in total. The minimum Gasteiger partial charge on any atom is -0.493 e. The maximum atomic E-state index is 12.9. The Kier molecular flexibility index (Phi) is 6.72. The average Bonchev–Trinajstić information content (AvgIpc) is 3.06. The third-order valence-electron chi connectivity index (χ3n) is 6.26. The number of nitrogens with zero attached hydrogens (tertiary/aromatic N) is 1. The van der Waals surface area contributed by atoms with Gasteiger partial charge in [0.05, 0.1) is 18.4 Å². The number of amides is 1. The van der Waals surface area contributed by atoms with Crippen molar-refractivity contribution in [3.63, 3.8) is 0 Å². The van der Waals surface area contributed by atoms with Crippen LogP contribution in [0.3, 0.4) is 0 Å². The molecule has 1 amide bonds. The molecule has 0 radical (unpaired) electrons. The van der Waals surface area contributed by atoms with Crippen LogP contribution in [0.1, 0.15) is 74.2 Å². The number of rotatable bonds is 5. The summed E-state index contributed by atoms with van der Waals surface area (Å²) < 4.78 is 11.9. The number of carbonyl (C=O) groups is 2. The van der Waals surface area contributed by atoms with E-state index in [2.05, 4.69) is 33.0 Å². The van der Waals surface area contributed by atoms with E-state index in [1.807, 2.05) is 12.1 Å². The lowest BCUT2D eigenvalue weighted by Crippen LogP contribution is -2.49. The zero-order valence-electron chi connectivity index (χ0n) is 21.2. The topological polar surface area (TPSA) is 97.2 Å². The number of aliphatic carboxylic acids is 1. The predicted molar refractivity (Wildman–Crippen MR) is 138 cm³/mol. The van der Waals surface area contributed by atoms with Crippen LogP contribution in [0.2, 0.25) is 0 Å². The summed E-state index contributed by atoms with van der Waals surface area (Å²) in [6.45, 7) is 11.2. The smallest absolute Gasteiger partial charge is 0.328 e. The highest BCUT2D eigenvalue weighted by Crippen LogP contribution is 2.47. The van der Waals surface area contributed by atoms with Gasteiger partial charge in [-0.1, -0.05) is 12.1 Å². The van der Waals surface area contributed by atoms with E-state index in [4.69, 9.17) is 14.5 Å². The van der Waals surface area contributed by atoms with Crippen molar-refractivity contribution in [1.82, 2.24) is 5.32 Å². The highest BCUT2D eigenvalue weighted by atomic mass is 35.5. The van der Waals surface area contributed by atoms with E-state index in [-0.39, 0.29) is 23.5 Å². The summed E-state index contributed by atoms with van der Waals surface area (Å²) in [5, 5.41) is 12.0. The Morgan fingerprint density at radius 2 is 1.83 bits per heavy atom. The van der Waals surface area contributed by atoms with E-state index in [1.54, 1.807) is 25.3 Å². The van der Waals surface area contributed by atoms with Crippen LogP contribution in [0.4, 0.5) is 0 Å². The molecule has 2 aliphatic heterocycles. The van der Waals surface area contributed by atoms with Crippen molar-refractivity contribution in [3.8, 4) is 11.5 Å². The van der Waals surface area contributed by atoms with Gasteiger partial charge >= 0.3 is 5.97 Å². The summed E-state index contributed by atoms with van der Waals surface area (Å²) in [5.41, 5.74) is 3.11. The fraction of sp³-hybridized carbons (Fsp3) is 0.444. The first-order valence-electron chi connectivity index (χ1n) is 11.4. The molecule has 0 atom stereocenters. The number of aliphatic imine (C=N–C) groups is 1. The molecular formula is C27H33ClN2O5. The first-order chi connectivity index (χ1) is 15.7. The molecule has 4 rings (SSSR count). The molecule has 188 valence electrons. The van der Waals surface area contributed by atoms with Gasteiger partial charge in [-0.15, -0.1) is 12.4 Å². The second-order valence-corrected chi connectivity index (χ2v) is 10.9. The zero-order valence-corrected chi connectivity index (χ0v) is 22.1. The van der Waals surface area contributed by atoms with E-state index in [0.717, 1.165) is 45.9 Å². The number of fused-ring (bicyclic) bond motifs is 3. The van der Waals surface area contributed by atoms with Gasteiger partial charge in [0.15, 0.2) is 11.5 Å². The van der Waals surface area contributed by atoms with E-state index >= 15 is 0 Å². The molecule has 0 aromatic heterocycles. The molecule has 35 heavy (non-hydrogen) atoms. The third-order valence-corrected chi connectivity index (χ3v) is 6.26. The third kappa shape index (κ3) is 5.01. The summed E-state index contributed by atoms with van der Waals surface area (Å²) in [4.78, 5) is 29.5. The molecule has 2 aliphatic rings. The van der Waals surface area contributed by atoms with Gasteiger partial charge < -0.3 is 19.9 Å². The van der Waals surface area contributed by atoms with Gasteiger partial charge in [0.25, 0.3) is 5.91 Å². The molecule has 0 saturated heterocycles. The van der Waals surface area contributed by atoms with Gasteiger partial charge in [0, 0.05) is 28.7 Å². The van der Waals surface area contributed by atoms with Crippen molar-refractivity contribution < 1.29 is 24.2 Å². The molecule has 0 spiro atoms. The average molecular weight is 501 g/mol. The van der Waals surface area contributed by atoms with Crippen molar-refractivity contribution in [3.05, 3.63) is 58.1 Å². The summed E-state index contributed by atoms with van der Waals surface area (Å²) >= 11 is 0. The quantitative estimate of drug-likeness (QED) is 0.625. The number of ether oxygens (including phenoxy) is 2. The Bertz CT molecular complexity index is 1230. The van der Waals surface area contributed by atoms with Crippen molar-refractivity contribution >= 4 is 30.0 Å². The number of carboxylic acids is 1. The standard InChI is InChI=1S/C27H32N2O5.ClH/c1-25(2)13-17-12-19(33-7)22-18(14-26(3,4)34-22)20(17)21(28-25)15-9-8-10-16(11-15)23(30)29-27(5,6)24(31)32;/h8-12H,13-14H2,1-7H3,(H,29,30)(H,31,32);1H. The molecule has 7 nitrogen and oxygen atoms in total. The van der Waals surface area contributed by atoms with Crippen molar-refractivity contribution in [1.29, 1.82) is 0 Å². The first kappa shape index (κ1) is 26.5. The van der Waals surface area contributed by atoms with Crippen molar-refractivity contribution in [2.75, 3.05) is 7.11 Å². The lowest BCUT2D eigenvalue weighted by atomic mass is 9.80. The van der Waals surface area contributed by atoms with Gasteiger partial charge in [-0.05, 0) is 71.7 Å². The number of carbonyl (C=O) groups excluding carboxylic acids is 1. The normalized spacial score (nSPS) is 17.2. The number of nitrogens with one attached hydrogen (secondary N) is 1. The molecular weight excluding hydrogens is 468 g/mol. The maximum absolute atomic E-state index is 12.9. The number of hydrogen-bond acceptors (Lipinski definition) is 5. The predicted octanol–water partition coefficient (Wildman–Crippen LogP) is 4.60. The van der Waals surface area contributed by atoms with Gasteiger partial charge in [-0.25, -0.2) is 4.79 Å². The number of halogens is 1. The largest absolute Gasteiger partial charge is 0.493 e. The van der Waals surface area contributed by atoms with Crippen LogP contribution in [0.25, 0.3) is 0 Å². The van der Waals surface area contributed by atoms with Crippen LogP contribution in [0, 0.1) is 0 Å². The van der Waals surface area contributed by atoms with Crippen LogP contribution in [0.15, 0.2) is 35.3 Å². The summed E-state index contributed by atoms with van der Waals surface area (Å²) in [7, 11) is 1.65. The second kappa shape index (κ2) is 8.86. The molecule has 0 saturated carbocycles. The molecule has 0 unspecified atom stereocenters. The minimum absolute atomic E-state index is 0. The fourth-order valence-corrected chi connectivity index (χ4v) is 4.65. The van der Waals surface area contributed by atoms with Crippen LogP contribution < -0.4 is 14.8 Å². The van der Waals surface area contributed by atoms with Crippen LogP contribution in [-0.4, -0.2) is 46.5 Å². The highest BCUT2D eigenvalue weighted by molar-refractivity contribution is 6.17. The summed E-state index contributed by atoms with van der Waals surface area (Å²) in [5.74, 6) is -0.0813. The Hall–Kier alpha value is -3.06. The highest BCUT2D eigenvalue weighted by Gasteiger charge is 2.40. The van der Waals surface area contributed by atoms with Gasteiger partial charge in [0.2, 0.25) is 0 Å². The van der Waals surface area contributed by atoms with Crippen LogP contribution >= 0.6 is 12.4 Å². The number of hydrogen-bond donors (Lipinski definition) is 2. The lowest BCUT2D eigenvalue weighted by Gasteiger charge is -2.31. The molecule has 0 aliphatic carbocycles. The van der Waals surface area contributed by atoms with Gasteiger partial charge in [-0.3, -0.25) is 9.79 Å². The fourth-order valence-electron chi connectivity index (χ4n) is 4.65.